The van der Waals surface area contributed by atoms with Crippen molar-refractivity contribution in [2.24, 2.45) is 5.92 Å². The fourth-order valence-electron chi connectivity index (χ4n) is 2.36. The van der Waals surface area contributed by atoms with Gasteiger partial charge in [0, 0.05) is 16.1 Å². The van der Waals surface area contributed by atoms with Crippen molar-refractivity contribution in [1.29, 1.82) is 0 Å². The van der Waals surface area contributed by atoms with Crippen LogP contribution in [0.5, 0.6) is 0 Å². The molecule has 0 saturated heterocycles. The molecule has 2 rings (SSSR count). The van der Waals surface area contributed by atoms with E-state index in [1.807, 2.05) is 6.07 Å². The van der Waals surface area contributed by atoms with Crippen molar-refractivity contribution in [1.82, 2.24) is 5.32 Å². The van der Waals surface area contributed by atoms with E-state index in [2.05, 4.69) is 25.2 Å². The molecule has 0 bridgehead atoms. The maximum Gasteiger partial charge on any atom is 0.0456 e. The smallest absolute Gasteiger partial charge is 0.0456 e. The molecule has 0 saturated carbocycles. The summed E-state index contributed by atoms with van der Waals surface area (Å²) in [6.45, 7) is 5.48. The van der Waals surface area contributed by atoms with E-state index in [1.54, 1.807) is 0 Å². The number of hydrogen-bond donors (Lipinski definition) is 1. The molecule has 0 amide bonds. The second-order valence-corrected chi connectivity index (χ2v) is 5.69. The van der Waals surface area contributed by atoms with Gasteiger partial charge in [0.1, 0.15) is 0 Å². The van der Waals surface area contributed by atoms with Crippen molar-refractivity contribution in [3.8, 4) is 0 Å². The van der Waals surface area contributed by atoms with Crippen LogP contribution in [-0.2, 0) is 6.42 Å². The van der Waals surface area contributed by atoms with Crippen LogP contribution >= 0.6 is 23.2 Å². The van der Waals surface area contributed by atoms with Crippen molar-refractivity contribution in [2.45, 2.75) is 32.7 Å². The maximum atomic E-state index is 6.24. The van der Waals surface area contributed by atoms with Gasteiger partial charge in [-0.3, -0.25) is 0 Å². The van der Waals surface area contributed by atoms with Crippen molar-refractivity contribution >= 4 is 23.2 Å². The lowest BCUT2D eigenvalue weighted by molar-refractivity contribution is 0.414. The van der Waals surface area contributed by atoms with Crippen LogP contribution in [0.1, 0.15) is 37.4 Å². The summed E-state index contributed by atoms with van der Waals surface area (Å²) in [5.41, 5.74) is 2.56. The Kier molecular flexibility index (Phi) is 3.78. The fourth-order valence-corrected chi connectivity index (χ4v) is 2.96. The van der Waals surface area contributed by atoms with Gasteiger partial charge in [0.15, 0.2) is 0 Å². The largest absolute Gasteiger partial charge is 0.310 e. The molecular formula is C13H17Cl2N. The van der Waals surface area contributed by atoms with Crippen LogP contribution in [0.4, 0.5) is 0 Å². The molecule has 0 aliphatic carbocycles. The van der Waals surface area contributed by atoms with Gasteiger partial charge in [-0.25, -0.2) is 0 Å². The number of fused-ring (bicyclic) bond motifs is 1. The molecule has 3 heteroatoms. The summed E-state index contributed by atoms with van der Waals surface area (Å²) in [5.74, 6) is 0.668. The molecule has 1 N–H and O–H groups in total. The Bertz CT molecular complexity index is 388. The summed E-state index contributed by atoms with van der Waals surface area (Å²) in [6, 6.07) is 4.31. The quantitative estimate of drug-likeness (QED) is 0.837. The van der Waals surface area contributed by atoms with Crippen LogP contribution in [0.3, 0.4) is 0 Å². The van der Waals surface area contributed by atoms with Gasteiger partial charge in [-0.2, -0.15) is 0 Å². The molecule has 0 fully saturated rings. The predicted octanol–water partition coefficient (Wildman–Crippen LogP) is 4.23. The lowest BCUT2D eigenvalue weighted by atomic mass is 9.89. The Morgan fingerprint density at radius 2 is 2.12 bits per heavy atom. The average molecular weight is 258 g/mol. The van der Waals surface area contributed by atoms with E-state index in [1.165, 1.54) is 11.1 Å². The van der Waals surface area contributed by atoms with Gasteiger partial charge in [0.25, 0.3) is 0 Å². The molecule has 16 heavy (non-hydrogen) atoms. The zero-order valence-electron chi connectivity index (χ0n) is 9.69. The first-order valence-corrected chi connectivity index (χ1v) is 6.54. The van der Waals surface area contributed by atoms with Gasteiger partial charge in [-0.05, 0) is 48.6 Å². The summed E-state index contributed by atoms with van der Waals surface area (Å²) in [6.07, 6.45) is 2.13. The van der Waals surface area contributed by atoms with Crippen LogP contribution in [0, 0.1) is 5.92 Å². The summed E-state index contributed by atoms with van der Waals surface area (Å²) in [5, 5.41) is 5.10. The second kappa shape index (κ2) is 4.95. The zero-order chi connectivity index (χ0) is 11.7. The molecule has 0 radical (unpaired) electrons. The summed E-state index contributed by atoms with van der Waals surface area (Å²) < 4.78 is 0. The fraction of sp³-hybridized carbons (Fsp3) is 0.538. The Hall–Kier alpha value is -0.240. The van der Waals surface area contributed by atoms with Crippen LogP contribution in [0.15, 0.2) is 12.1 Å². The summed E-state index contributed by atoms with van der Waals surface area (Å²) in [7, 11) is 0. The molecular weight excluding hydrogens is 241 g/mol. The topological polar surface area (TPSA) is 12.0 Å². The molecule has 1 atom stereocenters. The van der Waals surface area contributed by atoms with Gasteiger partial charge < -0.3 is 5.32 Å². The van der Waals surface area contributed by atoms with Gasteiger partial charge >= 0.3 is 0 Å². The van der Waals surface area contributed by atoms with E-state index in [0.29, 0.717) is 12.0 Å². The van der Waals surface area contributed by atoms with E-state index in [-0.39, 0.29) is 0 Å². The van der Waals surface area contributed by atoms with Gasteiger partial charge in [-0.1, -0.05) is 37.0 Å². The number of rotatable bonds is 2. The van der Waals surface area contributed by atoms with E-state index in [4.69, 9.17) is 23.2 Å². The predicted molar refractivity (Wildman–Crippen MR) is 70.4 cm³/mol. The Balaban J connectivity index is 2.37. The van der Waals surface area contributed by atoms with E-state index < -0.39 is 0 Å². The molecule has 88 valence electrons. The summed E-state index contributed by atoms with van der Waals surface area (Å²) >= 11 is 12.3. The minimum absolute atomic E-state index is 0.403. The third-order valence-corrected chi connectivity index (χ3v) is 3.60. The minimum atomic E-state index is 0.403. The highest BCUT2D eigenvalue weighted by molar-refractivity contribution is 6.35. The van der Waals surface area contributed by atoms with Crippen molar-refractivity contribution in [3.05, 3.63) is 33.3 Å². The number of nitrogens with one attached hydrogen (secondary N) is 1. The standard InChI is InChI=1S/C13H17Cl2N/c1-8(2)5-13-11-6-9(14)7-12(15)10(11)3-4-16-13/h6-8,13,16H,3-5H2,1-2H3. The Morgan fingerprint density at radius 1 is 1.38 bits per heavy atom. The van der Waals surface area contributed by atoms with Crippen molar-refractivity contribution in [3.63, 3.8) is 0 Å². The lowest BCUT2D eigenvalue weighted by Crippen LogP contribution is -2.31. The first-order chi connectivity index (χ1) is 7.58. The highest BCUT2D eigenvalue weighted by Gasteiger charge is 2.22. The first kappa shape index (κ1) is 12.2. The Morgan fingerprint density at radius 3 is 2.81 bits per heavy atom. The third-order valence-electron chi connectivity index (χ3n) is 3.04. The third kappa shape index (κ3) is 2.53. The number of benzene rings is 1. The second-order valence-electron chi connectivity index (χ2n) is 4.84. The molecule has 1 aliphatic heterocycles. The zero-order valence-corrected chi connectivity index (χ0v) is 11.2. The minimum Gasteiger partial charge on any atom is -0.310 e. The van der Waals surface area contributed by atoms with Crippen LogP contribution < -0.4 is 5.32 Å². The monoisotopic (exact) mass is 257 g/mol. The van der Waals surface area contributed by atoms with Crippen LogP contribution in [0.25, 0.3) is 0 Å². The van der Waals surface area contributed by atoms with Crippen LogP contribution in [0.2, 0.25) is 10.0 Å². The van der Waals surface area contributed by atoms with E-state index in [9.17, 15) is 0 Å². The van der Waals surface area contributed by atoms with Gasteiger partial charge in [-0.15, -0.1) is 0 Å². The summed E-state index contributed by atoms with van der Waals surface area (Å²) in [4.78, 5) is 0. The normalized spacial score (nSPS) is 19.9. The number of hydrogen-bond acceptors (Lipinski definition) is 1. The van der Waals surface area contributed by atoms with Gasteiger partial charge in [0.05, 0.1) is 0 Å². The van der Waals surface area contributed by atoms with Crippen molar-refractivity contribution < 1.29 is 0 Å². The molecule has 1 nitrogen and oxygen atoms in total. The molecule has 1 unspecified atom stereocenters. The first-order valence-electron chi connectivity index (χ1n) is 5.79. The highest BCUT2D eigenvalue weighted by atomic mass is 35.5. The van der Waals surface area contributed by atoms with Crippen LogP contribution in [-0.4, -0.2) is 6.54 Å². The van der Waals surface area contributed by atoms with Crippen molar-refractivity contribution in [2.75, 3.05) is 6.54 Å². The molecule has 1 aromatic carbocycles. The molecule has 1 heterocycles. The lowest BCUT2D eigenvalue weighted by Gasteiger charge is -2.29. The Labute approximate surface area is 107 Å². The number of halogens is 2. The van der Waals surface area contributed by atoms with E-state index in [0.717, 1.165) is 29.4 Å². The molecule has 1 aromatic rings. The highest BCUT2D eigenvalue weighted by Crippen LogP contribution is 2.34. The average Bonchev–Trinajstić information content (AvgIpc) is 2.18. The van der Waals surface area contributed by atoms with Gasteiger partial charge in [0.2, 0.25) is 0 Å². The SMILES string of the molecule is CC(C)CC1NCCc2c(Cl)cc(Cl)cc21. The molecule has 0 aromatic heterocycles. The molecule has 1 aliphatic rings. The molecule has 0 spiro atoms. The maximum absolute atomic E-state index is 6.24. The van der Waals surface area contributed by atoms with E-state index >= 15 is 0 Å².